The molecule has 0 spiro atoms. The summed E-state index contributed by atoms with van der Waals surface area (Å²) >= 11 is 0. The summed E-state index contributed by atoms with van der Waals surface area (Å²) in [6.07, 6.45) is 1.30. The Bertz CT molecular complexity index is 774. The van der Waals surface area contributed by atoms with E-state index in [-0.39, 0.29) is 36.2 Å². The Balaban J connectivity index is 1.55. The van der Waals surface area contributed by atoms with Crippen molar-refractivity contribution in [1.82, 2.24) is 20.3 Å². The van der Waals surface area contributed by atoms with E-state index in [9.17, 15) is 9.18 Å². The molecule has 0 bridgehead atoms. The Morgan fingerprint density at radius 1 is 1.15 bits per heavy atom. The van der Waals surface area contributed by atoms with Crippen molar-refractivity contribution in [2.45, 2.75) is 19.4 Å². The predicted molar refractivity (Wildman–Crippen MR) is 96.1 cm³/mol. The average molecular weight is 375 g/mol. The second kappa shape index (κ2) is 8.61. The number of ether oxygens (including phenoxy) is 2. The maximum atomic E-state index is 13.6. The van der Waals surface area contributed by atoms with Gasteiger partial charge in [-0.1, -0.05) is 18.2 Å². The molecule has 1 aromatic heterocycles. The minimum absolute atomic E-state index is 0.0660. The van der Waals surface area contributed by atoms with E-state index in [1.165, 1.54) is 20.3 Å². The average Bonchev–Trinajstić information content (AvgIpc) is 2.72. The molecule has 2 heterocycles. The number of piperidine rings is 1. The highest BCUT2D eigenvalue weighted by Gasteiger charge is 2.27. The van der Waals surface area contributed by atoms with Crippen LogP contribution < -0.4 is 19.7 Å². The van der Waals surface area contributed by atoms with Crippen LogP contribution in [0.1, 0.15) is 18.4 Å². The second-order valence-corrected chi connectivity index (χ2v) is 6.18. The molecule has 1 aliphatic heterocycles. The van der Waals surface area contributed by atoms with Crippen molar-refractivity contribution in [3.63, 3.8) is 0 Å². The van der Waals surface area contributed by atoms with Crippen LogP contribution in [-0.4, -0.2) is 48.2 Å². The molecule has 0 saturated carbocycles. The van der Waals surface area contributed by atoms with E-state index in [4.69, 9.17) is 9.47 Å². The number of amides is 1. The zero-order valence-corrected chi connectivity index (χ0v) is 15.3. The van der Waals surface area contributed by atoms with Crippen LogP contribution in [0.2, 0.25) is 0 Å². The SMILES string of the molecule is COc1nc(OC)nc(N2CCC(C(=O)NCc3ccccc3F)CC2)n1. The minimum atomic E-state index is -0.314. The van der Waals surface area contributed by atoms with Crippen LogP contribution >= 0.6 is 0 Å². The van der Waals surface area contributed by atoms with Crippen molar-refractivity contribution >= 4 is 11.9 Å². The van der Waals surface area contributed by atoms with Gasteiger partial charge in [-0.3, -0.25) is 4.79 Å². The molecule has 0 unspecified atom stereocenters. The lowest BCUT2D eigenvalue weighted by Gasteiger charge is -2.31. The molecule has 0 radical (unpaired) electrons. The fourth-order valence-electron chi connectivity index (χ4n) is 2.96. The van der Waals surface area contributed by atoms with Crippen LogP contribution in [0.4, 0.5) is 10.3 Å². The third kappa shape index (κ3) is 4.60. The van der Waals surface area contributed by atoms with Gasteiger partial charge >= 0.3 is 12.0 Å². The van der Waals surface area contributed by atoms with Gasteiger partial charge in [0.15, 0.2) is 0 Å². The van der Waals surface area contributed by atoms with E-state index in [0.717, 1.165) is 0 Å². The molecule has 2 aromatic rings. The first kappa shape index (κ1) is 18.8. The van der Waals surface area contributed by atoms with Crippen LogP contribution in [0, 0.1) is 11.7 Å². The lowest BCUT2D eigenvalue weighted by atomic mass is 9.96. The summed E-state index contributed by atoms with van der Waals surface area (Å²) in [7, 11) is 2.95. The molecule has 1 fully saturated rings. The first-order chi connectivity index (χ1) is 13.1. The number of aromatic nitrogens is 3. The first-order valence-corrected chi connectivity index (χ1v) is 8.71. The van der Waals surface area contributed by atoms with Crippen molar-refractivity contribution in [3.8, 4) is 12.0 Å². The minimum Gasteiger partial charge on any atom is -0.467 e. The summed E-state index contributed by atoms with van der Waals surface area (Å²) in [4.78, 5) is 26.8. The summed E-state index contributed by atoms with van der Waals surface area (Å²) in [6, 6.07) is 6.79. The number of carbonyl (C=O) groups excluding carboxylic acids is 1. The van der Waals surface area contributed by atoms with Crippen LogP contribution in [0.3, 0.4) is 0 Å². The smallest absolute Gasteiger partial charge is 0.324 e. The fourth-order valence-corrected chi connectivity index (χ4v) is 2.96. The number of hydrogen-bond donors (Lipinski definition) is 1. The van der Waals surface area contributed by atoms with E-state index < -0.39 is 0 Å². The van der Waals surface area contributed by atoms with Crippen LogP contribution in [-0.2, 0) is 11.3 Å². The Morgan fingerprint density at radius 3 is 2.37 bits per heavy atom. The zero-order valence-electron chi connectivity index (χ0n) is 15.3. The van der Waals surface area contributed by atoms with Crippen molar-refractivity contribution < 1.29 is 18.7 Å². The van der Waals surface area contributed by atoms with Gasteiger partial charge in [-0.05, 0) is 18.9 Å². The third-order valence-electron chi connectivity index (χ3n) is 4.51. The lowest BCUT2D eigenvalue weighted by molar-refractivity contribution is -0.125. The van der Waals surface area contributed by atoms with Crippen molar-refractivity contribution in [1.29, 1.82) is 0 Å². The quantitative estimate of drug-likeness (QED) is 0.819. The number of halogens is 1. The maximum Gasteiger partial charge on any atom is 0.324 e. The molecule has 8 nitrogen and oxygen atoms in total. The predicted octanol–water partition coefficient (Wildman–Crippen LogP) is 1.56. The summed E-state index contributed by atoms with van der Waals surface area (Å²) in [5.74, 6) is -0.0448. The van der Waals surface area contributed by atoms with Crippen LogP contribution in [0.5, 0.6) is 12.0 Å². The molecule has 1 amide bonds. The number of benzene rings is 1. The van der Waals surface area contributed by atoms with Crippen LogP contribution in [0.25, 0.3) is 0 Å². The third-order valence-corrected chi connectivity index (χ3v) is 4.51. The van der Waals surface area contributed by atoms with E-state index in [2.05, 4.69) is 20.3 Å². The number of methoxy groups -OCH3 is 2. The zero-order chi connectivity index (χ0) is 19.2. The molecule has 1 aromatic carbocycles. The molecule has 27 heavy (non-hydrogen) atoms. The van der Waals surface area contributed by atoms with Gasteiger partial charge in [-0.2, -0.15) is 9.97 Å². The molecule has 1 aliphatic rings. The van der Waals surface area contributed by atoms with Gasteiger partial charge in [-0.15, -0.1) is 4.98 Å². The Labute approximate surface area is 156 Å². The fraction of sp³-hybridized carbons (Fsp3) is 0.444. The monoisotopic (exact) mass is 375 g/mol. The van der Waals surface area contributed by atoms with Gasteiger partial charge < -0.3 is 19.7 Å². The van der Waals surface area contributed by atoms with E-state index in [1.807, 2.05) is 4.90 Å². The lowest BCUT2D eigenvalue weighted by Crippen LogP contribution is -2.41. The Hall–Kier alpha value is -2.97. The van der Waals surface area contributed by atoms with Crippen molar-refractivity contribution in [2.75, 3.05) is 32.2 Å². The molecule has 0 aliphatic carbocycles. The highest BCUT2D eigenvalue weighted by atomic mass is 19.1. The number of rotatable bonds is 6. The second-order valence-electron chi connectivity index (χ2n) is 6.18. The van der Waals surface area contributed by atoms with Gasteiger partial charge in [0, 0.05) is 31.1 Å². The van der Waals surface area contributed by atoms with Gasteiger partial charge in [0.1, 0.15) is 5.82 Å². The number of nitrogens with zero attached hydrogens (tertiary/aromatic N) is 4. The normalized spacial score (nSPS) is 14.7. The van der Waals surface area contributed by atoms with E-state index in [1.54, 1.807) is 18.2 Å². The van der Waals surface area contributed by atoms with Gasteiger partial charge in [-0.25, -0.2) is 4.39 Å². The molecule has 0 atom stereocenters. The molecular weight excluding hydrogens is 353 g/mol. The highest BCUT2D eigenvalue weighted by molar-refractivity contribution is 5.78. The van der Waals surface area contributed by atoms with Gasteiger partial charge in [0.2, 0.25) is 11.9 Å². The number of anilines is 1. The number of carbonyl (C=O) groups is 1. The largest absolute Gasteiger partial charge is 0.467 e. The topological polar surface area (TPSA) is 89.5 Å². The highest BCUT2D eigenvalue weighted by Crippen LogP contribution is 2.23. The molecule has 3 rings (SSSR count). The standard InChI is InChI=1S/C18H22FN5O3/c1-26-17-21-16(22-18(23-17)27-2)24-9-7-12(8-10-24)15(25)20-11-13-5-3-4-6-14(13)19/h3-6,12H,7-11H2,1-2H3,(H,20,25). The Morgan fingerprint density at radius 2 is 1.78 bits per heavy atom. The summed E-state index contributed by atoms with van der Waals surface area (Å²) in [6.45, 7) is 1.43. The van der Waals surface area contributed by atoms with Gasteiger partial charge in [0.05, 0.1) is 14.2 Å². The van der Waals surface area contributed by atoms with E-state index >= 15 is 0 Å². The molecule has 1 N–H and O–H groups in total. The summed E-state index contributed by atoms with van der Waals surface area (Å²) < 4.78 is 23.8. The number of nitrogens with one attached hydrogen (secondary N) is 1. The van der Waals surface area contributed by atoms with Gasteiger partial charge in [0.25, 0.3) is 0 Å². The molecule has 1 saturated heterocycles. The molecular formula is C18H22FN5O3. The first-order valence-electron chi connectivity index (χ1n) is 8.71. The molecule has 9 heteroatoms. The summed E-state index contributed by atoms with van der Waals surface area (Å²) in [5.41, 5.74) is 0.479. The Kier molecular flexibility index (Phi) is 6.00. The van der Waals surface area contributed by atoms with Crippen molar-refractivity contribution in [3.05, 3.63) is 35.6 Å². The van der Waals surface area contributed by atoms with Crippen molar-refractivity contribution in [2.24, 2.45) is 5.92 Å². The summed E-state index contributed by atoms with van der Waals surface area (Å²) in [5, 5.41) is 2.82. The van der Waals surface area contributed by atoms with E-state index in [0.29, 0.717) is 37.4 Å². The molecule has 144 valence electrons. The van der Waals surface area contributed by atoms with Crippen LogP contribution in [0.15, 0.2) is 24.3 Å². The maximum absolute atomic E-state index is 13.6. The number of hydrogen-bond acceptors (Lipinski definition) is 7.